The first-order valence-corrected chi connectivity index (χ1v) is 7.94. The first-order chi connectivity index (χ1) is 9.60. The summed E-state index contributed by atoms with van der Waals surface area (Å²) in [6.45, 7) is 0.462. The number of aromatic nitrogens is 2. The van der Waals surface area contributed by atoms with Crippen molar-refractivity contribution in [1.29, 1.82) is 0 Å². The first kappa shape index (κ1) is 13.0. The molecule has 0 saturated heterocycles. The lowest BCUT2D eigenvalue weighted by Gasteiger charge is -2.24. The van der Waals surface area contributed by atoms with E-state index in [1.165, 1.54) is 10.5 Å². The molecule has 106 valence electrons. The Morgan fingerprint density at radius 3 is 2.80 bits per heavy atom. The molecule has 3 rings (SSSR count). The van der Waals surface area contributed by atoms with Crippen LogP contribution >= 0.6 is 0 Å². The molecule has 1 aliphatic rings. The van der Waals surface area contributed by atoms with Gasteiger partial charge in [0.1, 0.15) is 10.7 Å². The quantitative estimate of drug-likeness (QED) is 0.878. The number of H-pyrrole nitrogens is 1. The van der Waals surface area contributed by atoms with Crippen LogP contribution in [0.15, 0.2) is 35.4 Å². The van der Waals surface area contributed by atoms with Crippen LogP contribution in [0.1, 0.15) is 18.4 Å². The molecule has 0 saturated carbocycles. The van der Waals surface area contributed by atoms with Crippen molar-refractivity contribution < 1.29 is 8.42 Å². The van der Waals surface area contributed by atoms with Crippen molar-refractivity contribution in [1.82, 2.24) is 10.2 Å². The van der Waals surface area contributed by atoms with Crippen molar-refractivity contribution in [2.45, 2.75) is 24.2 Å². The van der Waals surface area contributed by atoms with Gasteiger partial charge in [-0.05, 0) is 30.9 Å². The monoisotopic (exact) mass is 292 g/mol. The molecule has 1 aromatic carbocycles. The average Bonchev–Trinajstić information content (AvgIpc) is 2.75. The minimum atomic E-state index is -3.67. The van der Waals surface area contributed by atoms with Gasteiger partial charge in [-0.3, -0.25) is 9.40 Å². The molecule has 7 heteroatoms. The van der Waals surface area contributed by atoms with Gasteiger partial charge in [-0.25, -0.2) is 8.42 Å². The summed E-state index contributed by atoms with van der Waals surface area (Å²) in [5.41, 5.74) is 7.46. The van der Waals surface area contributed by atoms with E-state index in [1.807, 2.05) is 24.3 Å². The number of nitrogens with zero attached hydrogens (tertiary/aromatic N) is 2. The third-order valence-corrected chi connectivity index (χ3v) is 5.36. The smallest absolute Gasteiger partial charge is 0.269 e. The molecule has 3 N–H and O–H groups in total. The number of nitrogens with two attached hydrogens (primary N) is 1. The zero-order valence-electron chi connectivity index (χ0n) is 10.9. The Bertz CT molecular complexity index is 723. The van der Waals surface area contributed by atoms with Crippen molar-refractivity contribution in [2.75, 3.05) is 16.6 Å². The summed E-state index contributed by atoms with van der Waals surface area (Å²) in [5, 5.41) is 6.18. The number of para-hydroxylation sites is 1. The van der Waals surface area contributed by atoms with Crippen LogP contribution in [0.4, 0.5) is 11.5 Å². The summed E-state index contributed by atoms with van der Waals surface area (Å²) >= 11 is 0. The van der Waals surface area contributed by atoms with E-state index in [0.29, 0.717) is 6.54 Å². The highest BCUT2D eigenvalue weighted by atomic mass is 32.2. The predicted molar refractivity (Wildman–Crippen MR) is 76.9 cm³/mol. The molecule has 0 amide bonds. The van der Waals surface area contributed by atoms with E-state index in [9.17, 15) is 8.42 Å². The lowest BCUT2D eigenvalue weighted by Crippen LogP contribution is -2.32. The van der Waals surface area contributed by atoms with Crippen molar-refractivity contribution in [3.63, 3.8) is 0 Å². The van der Waals surface area contributed by atoms with E-state index in [0.717, 1.165) is 30.5 Å². The fourth-order valence-corrected chi connectivity index (χ4v) is 4.07. The second kappa shape index (κ2) is 4.82. The van der Waals surface area contributed by atoms with Gasteiger partial charge >= 0.3 is 0 Å². The van der Waals surface area contributed by atoms with E-state index in [4.69, 9.17) is 5.73 Å². The zero-order chi connectivity index (χ0) is 14.2. The predicted octanol–water partition coefficient (Wildman–Crippen LogP) is 1.52. The molecule has 0 atom stereocenters. The zero-order valence-corrected chi connectivity index (χ0v) is 11.7. The summed E-state index contributed by atoms with van der Waals surface area (Å²) in [6.07, 6.45) is 3.96. The largest absolute Gasteiger partial charge is 0.383 e. The Morgan fingerprint density at radius 1 is 1.25 bits per heavy atom. The Kier molecular flexibility index (Phi) is 3.13. The van der Waals surface area contributed by atoms with Gasteiger partial charge in [0.25, 0.3) is 10.0 Å². The standard InChI is InChI=1S/C13H16N4O2S/c14-13-12(9-15-16-13)20(18,19)17-8-4-3-6-10-5-1-2-7-11(10)17/h1-2,5,7,9H,3-4,6,8H2,(H3,14,15,16). The first-order valence-electron chi connectivity index (χ1n) is 6.50. The van der Waals surface area contributed by atoms with Gasteiger partial charge in [0.2, 0.25) is 0 Å². The number of anilines is 2. The van der Waals surface area contributed by atoms with Crippen molar-refractivity contribution >= 4 is 21.5 Å². The molecule has 1 aromatic heterocycles. The summed E-state index contributed by atoms with van der Waals surface area (Å²) in [4.78, 5) is 0.0363. The van der Waals surface area contributed by atoms with Gasteiger partial charge in [-0.1, -0.05) is 18.2 Å². The molecular weight excluding hydrogens is 276 g/mol. The van der Waals surface area contributed by atoms with E-state index in [1.54, 1.807) is 0 Å². The van der Waals surface area contributed by atoms with E-state index < -0.39 is 10.0 Å². The lowest BCUT2D eigenvalue weighted by atomic mass is 10.1. The number of aryl methyl sites for hydroxylation is 1. The number of hydrogen-bond acceptors (Lipinski definition) is 4. The normalized spacial score (nSPS) is 15.7. The number of aromatic amines is 1. The van der Waals surface area contributed by atoms with Crippen molar-refractivity contribution in [3.05, 3.63) is 36.0 Å². The van der Waals surface area contributed by atoms with Gasteiger partial charge in [0, 0.05) is 6.54 Å². The van der Waals surface area contributed by atoms with Gasteiger partial charge in [-0.15, -0.1) is 0 Å². The van der Waals surface area contributed by atoms with Crippen LogP contribution in [-0.4, -0.2) is 25.2 Å². The number of fused-ring (bicyclic) bond motifs is 1. The van der Waals surface area contributed by atoms with Crippen LogP contribution < -0.4 is 10.0 Å². The van der Waals surface area contributed by atoms with E-state index >= 15 is 0 Å². The number of nitrogens with one attached hydrogen (secondary N) is 1. The second-order valence-electron chi connectivity index (χ2n) is 4.81. The molecule has 2 aromatic rings. The Labute approximate surface area is 117 Å². The highest BCUT2D eigenvalue weighted by molar-refractivity contribution is 7.93. The highest BCUT2D eigenvalue weighted by Crippen LogP contribution is 2.32. The van der Waals surface area contributed by atoms with Crippen LogP contribution in [0.2, 0.25) is 0 Å². The Balaban J connectivity index is 2.12. The van der Waals surface area contributed by atoms with Gasteiger partial charge < -0.3 is 5.73 Å². The molecular formula is C13H16N4O2S. The fourth-order valence-electron chi connectivity index (χ4n) is 2.52. The average molecular weight is 292 g/mol. The molecule has 0 spiro atoms. The third kappa shape index (κ3) is 2.03. The minimum Gasteiger partial charge on any atom is -0.383 e. The number of sulfonamides is 1. The second-order valence-corrected chi connectivity index (χ2v) is 6.64. The third-order valence-electron chi connectivity index (χ3n) is 3.52. The summed E-state index contributed by atoms with van der Waals surface area (Å²) in [7, 11) is -3.67. The molecule has 0 fully saturated rings. The summed E-state index contributed by atoms with van der Waals surface area (Å²) < 4.78 is 27.0. The molecule has 0 aliphatic carbocycles. The topological polar surface area (TPSA) is 92.1 Å². The Morgan fingerprint density at radius 2 is 2.05 bits per heavy atom. The maximum absolute atomic E-state index is 12.8. The van der Waals surface area contributed by atoms with Crippen LogP contribution in [0.5, 0.6) is 0 Å². The summed E-state index contributed by atoms with van der Waals surface area (Å²) in [5.74, 6) is 0.0757. The van der Waals surface area contributed by atoms with Gasteiger partial charge in [0.15, 0.2) is 0 Å². The van der Waals surface area contributed by atoms with E-state index in [-0.39, 0.29) is 10.7 Å². The maximum Gasteiger partial charge on any atom is 0.269 e. The molecule has 1 aliphatic heterocycles. The molecule has 20 heavy (non-hydrogen) atoms. The minimum absolute atomic E-state index is 0.0363. The highest BCUT2D eigenvalue weighted by Gasteiger charge is 2.30. The van der Waals surface area contributed by atoms with Crippen LogP contribution in [-0.2, 0) is 16.4 Å². The number of hydrogen-bond donors (Lipinski definition) is 2. The van der Waals surface area contributed by atoms with Crippen LogP contribution in [0.3, 0.4) is 0 Å². The summed E-state index contributed by atoms with van der Waals surface area (Å²) in [6, 6.07) is 7.60. The van der Waals surface area contributed by atoms with E-state index in [2.05, 4.69) is 10.2 Å². The lowest BCUT2D eigenvalue weighted by molar-refractivity contribution is 0.590. The number of benzene rings is 1. The Hall–Kier alpha value is -2.02. The van der Waals surface area contributed by atoms with Gasteiger partial charge in [0.05, 0.1) is 11.9 Å². The number of rotatable bonds is 2. The molecule has 0 bridgehead atoms. The van der Waals surface area contributed by atoms with Crippen molar-refractivity contribution in [3.8, 4) is 0 Å². The SMILES string of the molecule is Nc1[nH]ncc1S(=O)(=O)N1CCCCc2ccccc21. The van der Waals surface area contributed by atoms with Crippen LogP contribution in [0, 0.1) is 0 Å². The molecule has 0 radical (unpaired) electrons. The molecule has 2 heterocycles. The molecule has 0 unspecified atom stereocenters. The maximum atomic E-state index is 12.8. The number of nitrogen functional groups attached to an aromatic ring is 1. The van der Waals surface area contributed by atoms with Crippen molar-refractivity contribution in [2.24, 2.45) is 0 Å². The fraction of sp³-hybridized carbons (Fsp3) is 0.308. The van der Waals surface area contributed by atoms with Gasteiger partial charge in [-0.2, -0.15) is 5.10 Å². The molecule has 6 nitrogen and oxygen atoms in total. The van der Waals surface area contributed by atoms with Crippen LogP contribution in [0.25, 0.3) is 0 Å².